The van der Waals surface area contributed by atoms with Crippen molar-refractivity contribution in [1.29, 1.82) is 0 Å². The third kappa shape index (κ3) is 4.88. The van der Waals surface area contributed by atoms with Crippen molar-refractivity contribution < 1.29 is 9.53 Å². The number of hydrogen-bond donors (Lipinski definition) is 1. The zero-order valence-electron chi connectivity index (χ0n) is 11.7. The van der Waals surface area contributed by atoms with E-state index in [1.165, 1.54) is 0 Å². The molecule has 1 aromatic rings. The molecule has 1 N–H and O–H groups in total. The van der Waals surface area contributed by atoms with E-state index in [0.29, 0.717) is 5.02 Å². The lowest BCUT2D eigenvalue weighted by Crippen LogP contribution is -2.43. The molecule has 0 bridgehead atoms. The van der Waals surface area contributed by atoms with Crippen LogP contribution in [0.25, 0.3) is 0 Å². The van der Waals surface area contributed by atoms with Crippen LogP contribution >= 0.6 is 23.2 Å². The average Bonchev–Trinajstić information content (AvgIpc) is 2.17. The fraction of sp³-hybridized carbons (Fsp3) is 0.538. The number of amides is 1. The van der Waals surface area contributed by atoms with Gasteiger partial charge in [-0.2, -0.15) is 0 Å². The fourth-order valence-corrected chi connectivity index (χ4v) is 1.66. The fourth-order valence-electron chi connectivity index (χ4n) is 1.39. The van der Waals surface area contributed by atoms with Crippen LogP contribution in [0.15, 0.2) is 12.3 Å². The zero-order valence-corrected chi connectivity index (χ0v) is 13.2. The van der Waals surface area contributed by atoms with Gasteiger partial charge in [-0.1, -0.05) is 23.2 Å². The molecule has 0 aliphatic rings. The standard InChI is InChI=1S/C13H18Cl2N2O2/c1-12(2,3)19-11(18)17-13(4,5)8-6-9(14)10(15)16-7-8/h6-7H,1-5H3,(H,17,18). The lowest BCUT2D eigenvalue weighted by molar-refractivity contribution is 0.0470. The van der Waals surface area contributed by atoms with Gasteiger partial charge in [0.1, 0.15) is 10.8 Å². The Balaban J connectivity index is 2.86. The number of halogens is 2. The van der Waals surface area contributed by atoms with Gasteiger partial charge in [-0.05, 0) is 46.2 Å². The van der Waals surface area contributed by atoms with Crippen LogP contribution < -0.4 is 5.32 Å². The second kappa shape index (κ2) is 5.55. The quantitative estimate of drug-likeness (QED) is 0.835. The number of carbonyl (C=O) groups is 1. The number of nitrogens with zero attached hydrogens (tertiary/aromatic N) is 1. The number of alkyl carbamates (subject to hydrolysis) is 1. The molecule has 0 unspecified atom stereocenters. The van der Waals surface area contributed by atoms with Crippen LogP contribution in [0, 0.1) is 0 Å². The molecule has 0 saturated heterocycles. The molecular weight excluding hydrogens is 287 g/mol. The van der Waals surface area contributed by atoms with Gasteiger partial charge in [0.25, 0.3) is 0 Å². The van der Waals surface area contributed by atoms with Crippen molar-refractivity contribution in [3.8, 4) is 0 Å². The molecular formula is C13H18Cl2N2O2. The van der Waals surface area contributed by atoms with E-state index in [1.807, 2.05) is 13.8 Å². The lowest BCUT2D eigenvalue weighted by Gasteiger charge is -2.29. The van der Waals surface area contributed by atoms with Crippen LogP contribution in [-0.2, 0) is 10.3 Å². The summed E-state index contributed by atoms with van der Waals surface area (Å²) in [5.41, 5.74) is -0.465. The third-order valence-electron chi connectivity index (χ3n) is 2.33. The summed E-state index contributed by atoms with van der Waals surface area (Å²) in [5.74, 6) is 0. The number of carbonyl (C=O) groups excluding carboxylic acids is 1. The van der Waals surface area contributed by atoms with Crippen molar-refractivity contribution in [2.45, 2.75) is 45.8 Å². The summed E-state index contributed by atoms with van der Waals surface area (Å²) >= 11 is 11.7. The maximum absolute atomic E-state index is 11.8. The SMILES string of the molecule is CC(C)(C)OC(=O)NC(C)(C)c1cnc(Cl)c(Cl)c1. The summed E-state index contributed by atoms with van der Waals surface area (Å²) in [5, 5.41) is 3.35. The Bertz CT molecular complexity index is 482. The molecule has 1 aromatic heterocycles. The van der Waals surface area contributed by atoms with Crippen LogP contribution in [0.2, 0.25) is 10.2 Å². The molecule has 19 heavy (non-hydrogen) atoms. The van der Waals surface area contributed by atoms with Crippen molar-refractivity contribution in [3.63, 3.8) is 0 Å². The summed E-state index contributed by atoms with van der Waals surface area (Å²) in [7, 11) is 0. The van der Waals surface area contributed by atoms with Crippen molar-refractivity contribution in [1.82, 2.24) is 10.3 Å². The van der Waals surface area contributed by atoms with Crippen molar-refractivity contribution in [2.24, 2.45) is 0 Å². The highest BCUT2D eigenvalue weighted by atomic mass is 35.5. The average molecular weight is 305 g/mol. The molecule has 0 aliphatic heterocycles. The Morgan fingerprint density at radius 2 is 1.84 bits per heavy atom. The number of hydrogen-bond acceptors (Lipinski definition) is 3. The Morgan fingerprint density at radius 1 is 1.26 bits per heavy atom. The minimum absolute atomic E-state index is 0.235. The van der Waals surface area contributed by atoms with E-state index >= 15 is 0 Å². The lowest BCUT2D eigenvalue weighted by atomic mass is 9.96. The zero-order chi connectivity index (χ0) is 14.8. The van der Waals surface area contributed by atoms with Crippen molar-refractivity contribution in [3.05, 3.63) is 28.0 Å². The van der Waals surface area contributed by atoms with Crippen molar-refractivity contribution >= 4 is 29.3 Å². The molecule has 106 valence electrons. The second-order valence-electron chi connectivity index (χ2n) is 5.75. The highest BCUT2D eigenvalue weighted by Gasteiger charge is 2.27. The maximum atomic E-state index is 11.8. The Morgan fingerprint density at radius 3 is 2.32 bits per heavy atom. The molecule has 0 fully saturated rings. The van der Waals surface area contributed by atoms with E-state index in [9.17, 15) is 4.79 Å². The van der Waals surface area contributed by atoms with E-state index in [-0.39, 0.29) is 5.15 Å². The second-order valence-corrected chi connectivity index (χ2v) is 6.51. The minimum Gasteiger partial charge on any atom is -0.444 e. The van der Waals surface area contributed by atoms with Crippen LogP contribution in [0.1, 0.15) is 40.2 Å². The van der Waals surface area contributed by atoms with Crippen LogP contribution in [0.5, 0.6) is 0 Å². The molecule has 6 heteroatoms. The van der Waals surface area contributed by atoms with Crippen molar-refractivity contribution in [2.75, 3.05) is 0 Å². The van der Waals surface area contributed by atoms with E-state index in [0.717, 1.165) is 5.56 Å². The maximum Gasteiger partial charge on any atom is 0.408 e. The van der Waals surface area contributed by atoms with Crippen LogP contribution in [0.3, 0.4) is 0 Å². The molecule has 0 saturated carbocycles. The number of pyridine rings is 1. The number of nitrogens with one attached hydrogen (secondary N) is 1. The van der Waals surface area contributed by atoms with Gasteiger partial charge in [0.15, 0.2) is 0 Å². The van der Waals surface area contributed by atoms with Gasteiger partial charge < -0.3 is 10.1 Å². The van der Waals surface area contributed by atoms with E-state index in [4.69, 9.17) is 27.9 Å². The summed E-state index contributed by atoms with van der Waals surface area (Å²) in [4.78, 5) is 15.8. The summed E-state index contributed by atoms with van der Waals surface area (Å²) < 4.78 is 5.22. The van der Waals surface area contributed by atoms with Crippen LogP contribution in [0.4, 0.5) is 4.79 Å². The normalized spacial score (nSPS) is 12.2. The van der Waals surface area contributed by atoms with Gasteiger partial charge in [0.05, 0.1) is 10.6 Å². The van der Waals surface area contributed by atoms with E-state index < -0.39 is 17.2 Å². The predicted molar refractivity (Wildman–Crippen MR) is 76.7 cm³/mol. The summed E-state index contributed by atoms with van der Waals surface area (Å²) in [6.07, 6.45) is 1.08. The molecule has 1 rings (SSSR count). The van der Waals surface area contributed by atoms with Crippen LogP contribution in [-0.4, -0.2) is 16.7 Å². The first kappa shape index (κ1) is 16.1. The molecule has 0 spiro atoms. The monoisotopic (exact) mass is 304 g/mol. The highest BCUT2D eigenvalue weighted by Crippen LogP contribution is 2.26. The highest BCUT2D eigenvalue weighted by molar-refractivity contribution is 6.41. The number of aromatic nitrogens is 1. The van der Waals surface area contributed by atoms with Gasteiger partial charge >= 0.3 is 6.09 Å². The van der Waals surface area contributed by atoms with Gasteiger partial charge in [-0.3, -0.25) is 0 Å². The summed E-state index contributed by atoms with van der Waals surface area (Å²) in [6.45, 7) is 9.08. The first-order valence-corrected chi connectivity index (χ1v) is 6.59. The van der Waals surface area contributed by atoms with E-state index in [1.54, 1.807) is 33.0 Å². The Labute approximate surface area is 123 Å². The molecule has 0 radical (unpaired) electrons. The molecule has 1 heterocycles. The predicted octanol–water partition coefficient (Wildman–Crippen LogP) is 4.15. The molecule has 0 atom stereocenters. The van der Waals surface area contributed by atoms with Gasteiger partial charge in [-0.15, -0.1) is 0 Å². The van der Waals surface area contributed by atoms with Gasteiger partial charge in [-0.25, -0.2) is 9.78 Å². The van der Waals surface area contributed by atoms with Gasteiger partial charge in [0.2, 0.25) is 0 Å². The smallest absolute Gasteiger partial charge is 0.408 e. The first-order valence-electron chi connectivity index (χ1n) is 5.84. The third-order valence-corrected chi connectivity index (χ3v) is 3.02. The topological polar surface area (TPSA) is 51.2 Å². The largest absolute Gasteiger partial charge is 0.444 e. The Kier molecular flexibility index (Phi) is 4.69. The minimum atomic E-state index is -0.663. The van der Waals surface area contributed by atoms with Gasteiger partial charge in [0, 0.05) is 6.20 Å². The van der Waals surface area contributed by atoms with E-state index in [2.05, 4.69) is 10.3 Å². The Hall–Kier alpha value is -1.000. The molecule has 0 aromatic carbocycles. The number of ether oxygens (including phenoxy) is 1. The molecule has 0 aliphatic carbocycles. The summed E-state index contributed by atoms with van der Waals surface area (Å²) in [6, 6.07) is 1.67. The molecule has 1 amide bonds. The first-order chi connectivity index (χ1) is 8.51. The number of rotatable bonds is 2. The molecule has 4 nitrogen and oxygen atoms in total.